The molecular weight excluding hydrogens is 304 g/mol. The van der Waals surface area contributed by atoms with E-state index in [-0.39, 0.29) is 5.91 Å². The Bertz CT molecular complexity index is 655. The number of nitrogens with zero attached hydrogens (tertiary/aromatic N) is 1. The maximum Gasteiger partial charge on any atom is 0.295 e. The summed E-state index contributed by atoms with van der Waals surface area (Å²) in [7, 11) is 0. The summed E-state index contributed by atoms with van der Waals surface area (Å²) >= 11 is 0. The average Bonchev–Trinajstić information content (AvgIpc) is 2.64. The summed E-state index contributed by atoms with van der Waals surface area (Å²) in [5.74, 6) is -0.127. The van der Waals surface area contributed by atoms with Crippen molar-refractivity contribution in [3.05, 3.63) is 71.8 Å². The molecule has 2 N–H and O–H groups in total. The number of aliphatic hydroxyl groups excluding tert-OH is 1. The van der Waals surface area contributed by atoms with Gasteiger partial charge < -0.3 is 9.84 Å². The molecule has 5 nitrogen and oxygen atoms in total. The molecule has 24 heavy (non-hydrogen) atoms. The van der Waals surface area contributed by atoms with Gasteiger partial charge in [-0.3, -0.25) is 4.79 Å². The number of nitrogens with one attached hydrogen (secondary N) is 1. The minimum atomic E-state index is -0.639. The number of hydrogen-bond donors (Lipinski definition) is 2. The quantitative estimate of drug-likeness (QED) is 0.825. The lowest BCUT2D eigenvalue weighted by Crippen LogP contribution is -2.66. The van der Waals surface area contributed by atoms with Crippen LogP contribution in [0.15, 0.2) is 60.7 Å². The lowest BCUT2D eigenvalue weighted by atomic mass is 10.1. The van der Waals surface area contributed by atoms with Gasteiger partial charge in [0.05, 0.1) is 13.2 Å². The number of aliphatic hydroxyl groups is 1. The first-order valence-corrected chi connectivity index (χ1v) is 8.23. The van der Waals surface area contributed by atoms with Crippen LogP contribution in [0.3, 0.4) is 0 Å². The molecule has 5 heteroatoms. The molecule has 3 rings (SSSR count). The summed E-state index contributed by atoms with van der Waals surface area (Å²) < 4.78 is 5.77. The van der Waals surface area contributed by atoms with Gasteiger partial charge in [-0.25, -0.2) is 4.59 Å². The van der Waals surface area contributed by atoms with Crippen molar-refractivity contribution in [3.8, 4) is 0 Å². The third-order valence-corrected chi connectivity index (χ3v) is 4.41. The van der Waals surface area contributed by atoms with Gasteiger partial charge in [-0.1, -0.05) is 48.5 Å². The molecular formula is C19H23N2O3+. The van der Waals surface area contributed by atoms with E-state index in [9.17, 15) is 9.90 Å². The molecule has 0 aromatic heterocycles. The molecule has 1 unspecified atom stereocenters. The van der Waals surface area contributed by atoms with Crippen molar-refractivity contribution < 1.29 is 19.2 Å². The first-order chi connectivity index (χ1) is 11.7. The normalized spacial score (nSPS) is 17.9. The Morgan fingerprint density at radius 2 is 1.62 bits per heavy atom. The molecule has 1 fully saturated rings. The summed E-state index contributed by atoms with van der Waals surface area (Å²) in [5.41, 5.74) is 4.59. The van der Waals surface area contributed by atoms with E-state index in [0.29, 0.717) is 43.0 Å². The number of carbonyl (C=O) groups is 1. The second-order valence-corrected chi connectivity index (χ2v) is 6.12. The molecule has 126 valence electrons. The Balaban J connectivity index is 1.76. The van der Waals surface area contributed by atoms with Crippen molar-refractivity contribution >= 4 is 5.91 Å². The van der Waals surface area contributed by atoms with Crippen LogP contribution in [0.2, 0.25) is 0 Å². The van der Waals surface area contributed by atoms with Gasteiger partial charge in [-0.2, -0.15) is 5.43 Å². The Morgan fingerprint density at radius 1 is 1.04 bits per heavy atom. The molecule has 1 aliphatic heterocycles. The fourth-order valence-corrected chi connectivity index (χ4v) is 3.01. The second kappa shape index (κ2) is 7.57. The highest BCUT2D eigenvalue weighted by Gasteiger charge is 2.36. The lowest BCUT2D eigenvalue weighted by molar-refractivity contribution is -0.970. The number of rotatable bonds is 5. The SMILES string of the molecule is O=C(N[N+]1(CC(O)c2ccccc2)CCOCC1)c1ccccc1. The molecule has 1 heterocycles. The van der Waals surface area contributed by atoms with E-state index in [1.165, 1.54) is 0 Å². The predicted octanol–water partition coefficient (Wildman–Crippen LogP) is 1.91. The smallest absolute Gasteiger partial charge is 0.295 e. The zero-order valence-electron chi connectivity index (χ0n) is 13.6. The maximum atomic E-state index is 12.6. The van der Waals surface area contributed by atoms with Gasteiger partial charge in [0.1, 0.15) is 25.7 Å². The van der Waals surface area contributed by atoms with Crippen LogP contribution < -0.4 is 5.43 Å². The number of carbonyl (C=O) groups excluding carboxylic acids is 1. The van der Waals surface area contributed by atoms with Crippen LogP contribution in [-0.2, 0) is 4.74 Å². The minimum absolute atomic E-state index is 0.127. The average molecular weight is 327 g/mol. The van der Waals surface area contributed by atoms with Crippen molar-refractivity contribution in [3.63, 3.8) is 0 Å². The lowest BCUT2D eigenvalue weighted by Gasteiger charge is -2.41. The minimum Gasteiger partial charge on any atom is -0.382 e. The molecule has 0 bridgehead atoms. The van der Waals surface area contributed by atoms with Gasteiger partial charge in [-0.15, -0.1) is 0 Å². The van der Waals surface area contributed by atoms with Crippen molar-refractivity contribution in [2.45, 2.75) is 6.10 Å². The van der Waals surface area contributed by atoms with Gasteiger partial charge in [0.2, 0.25) is 0 Å². The largest absolute Gasteiger partial charge is 0.382 e. The highest BCUT2D eigenvalue weighted by Crippen LogP contribution is 2.19. The van der Waals surface area contributed by atoms with Crippen LogP contribution in [-0.4, -0.2) is 48.5 Å². The van der Waals surface area contributed by atoms with E-state index in [1.807, 2.05) is 48.5 Å². The van der Waals surface area contributed by atoms with Crippen molar-refractivity contribution in [1.82, 2.24) is 5.43 Å². The zero-order valence-corrected chi connectivity index (χ0v) is 13.6. The summed E-state index contributed by atoms with van der Waals surface area (Å²) in [6.45, 7) is 2.84. The number of morpholine rings is 1. The van der Waals surface area contributed by atoms with Crippen LogP contribution in [0.1, 0.15) is 22.0 Å². The van der Waals surface area contributed by atoms with Gasteiger partial charge in [0.15, 0.2) is 0 Å². The van der Waals surface area contributed by atoms with Crippen LogP contribution in [0.5, 0.6) is 0 Å². The van der Waals surface area contributed by atoms with Gasteiger partial charge >= 0.3 is 0 Å². The molecule has 1 aliphatic rings. The Morgan fingerprint density at radius 3 is 2.25 bits per heavy atom. The summed E-state index contributed by atoms with van der Waals surface area (Å²) in [6, 6.07) is 18.7. The second-order valence-electron chi connectivity index (χ2n) is 6.12. The summed E-state index contributed by atoms with van der Waals surface area (Å²) in [4.78, 5) is 12.6. The van der Waals surface area contributed by atoms with Gasteiger partial charge in [0.25, 0.3) is 5.91 Å². The summed E-state index contributed by atoms with van der Waals surface area (Å²) in [5, 5.41) is 10.6. The Hall–Kier alpha value is -2.21. The molecule has 1 saturated heterocycles. The molecule has 0 radical (unpaired) electrons. The van der Waals surface area contributed by atoms with Gasteiger partial charge in [-0.05, 0) is 17.7 Å². The van der Waals surface area contributed by atoms with Crippen molar-refractivity contribution in [1.29, 1.82) is 0 Å². The standard InChI is InChI=1S/C19H22N2O3/c22-18(16-7-3-1-4-8-16)15-21(11-13-24-14-12-21)20-19(23)17-9-5-2-6-10-17/h1-10,18,22H,11-15H2/p+1. The predicted molar refractivity (Wildman–Crippen MR) is 91.0 cm³/mol. The molecule has 0 aliphatic carbocycles. The number of ether oxygens (including phenoxy) is 1. The molecule has 2 aromatic carbocycles. The van der Waals surface area contributed by atoms with Crippen molar-refractivity contribution in [2.75, 3.05) is 32.8 Å². The first kappa shape index (κ1) is 16.6. The number of benzene rings is 2. The van der Waals surface area contributed by atoms with Gasteiger partial charge in [0, 0.05) is 5.56 Å². The van der Waals surface area contributed by atoms with Crippen LogP contribution in [0.25, 0.3) is 0 Å². The number of amides is 1. The third-order valence-electron chi connectivity index (χ3n) is 4.41. The molecule has 2 aromatic rings. The van der Waals surface area contributed by atoms with E-state index in [0.717, 1.165) is 5.56 Å². The highest BCUT2D eigenvalue weighted by molar-refractivity contribution is 5.93. The zero-order chi connectivity index (χ0) is 16.8. The van der Waals surface area contributed by atoms with E-state index in [2.05, 4.69) is 5.43 Å². The van der Waals surface area contributed by atoms with E-state index >= 15 is 0 Å². The number of hydrogen-bond acceptors (Lipinski definition) is 3. The van der Waals surface area contributed by atoms with E-state index < -0.39 is 6.10 Å². The van der Waals surface area contributed by atoms with Crippen LogP contribution in [0.4, 0.5) is 0 Å². The molecule has 1 atom stereocenters. The fourth-order valence-electron chi connectivity index (χ4n) is 3.01. The van der Waals surface area contributed by atoms with Crippen LogP contribution in [0, 0.1) is 0 Å². The monoisotopic (exact) mass is 327 g/mol. The summed E-state index contributed by atoms with van der Waals surface area (Å²) in [6.07, 6.45) is -0.639. The van der Waals surface area contributed by atoms with Crippen molar-refractivity contribution in [2.24, 2.45) is 0 Å². The Kier molecular flexibility index (Phi) is 5.25. The molecule has 0 spiro atoms. The van der Waals surface area contributed by atoms with E-state index in [1.54, 1.807) is 12.1 Å². The first-order valence-electron chi connectivity index (χ1n) is 8.23. The topological polar surface area (TPSA) is 58.6 Å². The third kappa shape index (κ3) is 4.00. The molecule has 0 saturated carbocycles. The maximum absolute atomic E-state index is 12.6. The molecule has 1 amide bonds. The highest BCUT2D eigenvalue weighted by atomic mass is 16.5. The van der Waals surface area contributed by atoms with E-state index in [4.69, 9.17) is 4.74 Å². The number of quaternary nitrogens is 1. The fraction of sp³-hybridized carbons (Fsp3) is 0.316. The van der Waals surface area contributed by atoms with Crippen LogP contribution >= 0.6 is 0 Å². The Labute approximate surface area is 142 Å².